The van der Waals surface area contributed by atoms with E-state index in [0.717, 1.165) is 19.3 Å². The van der Waals surface area contributed by atoms with Gasteiger partial charge in [-0.05, 0) is 43.5 Å². The minimum absolute atomic E-state index is 0.0845. The third-order valence-electron chi connectivity index (χ3n) is 5.75. The van der Waals surface area contributed by atoms with Crippen molar-refractivity contribution in [1.82, 2.24) is 10.1 Å². The lowest BCUT2D eigenvalue weighted by atomic mass is 9.85. The van der Waals surface area contributed by atoms with Crippen LogP contribution in [0.3, 0.4) is 0 Å². The zero-order chi connectivity index (χ0) is 22.3. The quantitative estimate of drug-likeness (QED) is 0.607. The Morgan fingerprint density at radius 1 is 1.19 bits per heavy atom. The lowest BCUT2D eigenvalue weighted by Crippen LogP contribution is -2.38. The predicted molar refractivity (Wildman–Crippen MR) is 116 cm³/mol. The fraction of sp³-hybridized carbons (Fsp3) is 0.318. The smallest absolute Gasteiger partial charge is 0.265 e. The van der Waals surface area contributed by atoms with Crippen LogP contribution in [0.1, 0.15) is 42.5 Å². The van der Waals surface area contributed by atoms with Crippen molar-refractivity contribution in [3.05, 3.63) is 59.7 Å². The number of ether oxygens (including phenoxy) is 1. The van der Waals surface area contributed by atoms with Crippen LogP contribution < -0.4 is 14.4 Å². The molecule has 3 aromatic rings. The molecule has 166 valence electrons. The lowest BCUT2D eigenvalue weighted by molar-refractivity contribution is -0.121. The monoisotopic (exact) mass is 454 g/mol. The van der Waals surface area contributed by atoms with Crippen molar-refractivity contribution in [2.45, 2.75) is 43.5 Å². The number of hydrogen-bond donors (Lipinski definition) is 1. The van der Waals surface area contributed by atoms with Gasteiger partial charge in [-0.25, -0.2) is 8.42 Å². The second kappa shape index (κ2) is 7.94. The van der Waals surface area contributed by atoms with Gasteiger partial charge >= 0.3 is 0 Å². The summed E-state index contributed by atoms with van der Waals surface area (Å²) in [7, 11) is -3.84. The average Bonchev–Trinajstić information content (AvgIpc) is 3.17. The molecule has 1 amide bonds. The number of para-hydroxylation sites is 1. The minimum atomic E-state index is -3.84. The highest BCUT2D eigenvalue weighted by atomic mass is 32.2. The number of carbonyl (C=O) groups excluding carboxylic acids is 1. The van der Waals surface area contributed by atoms with E-state index in [4.69, 9.17) is 9.26 Å². The van der Waals surface area contributed by atoms with Gasteiger partial charge in [-0.1, -0.05) is 29.8 Å². The molecule has 0 atom stereocenters. The summed E-state index contributed by atoms with van der Waals surface area (Å²) in [6, 6.07) is 11.7. The molecule has 0 unspecified atom stereocenters. The first kappa shape index (κ1) is 20.5. The number of fused-ring (bicyclic) bond motifs is 1. The van der Waals surface area contributed by atoms with Crippen molar-refractivity contribution >= 4 is 27.3 Å². The number of anilines is 2. The number of carbonyl (C=O) groups is 1. The molecule has 5 rings (SSSR count). The third-order valence-corrected chi connectivity index (χ3v) is 7.28. The molecule has 2 aliphatic rings. The maximum absolute atomic E-state index is 13.0. The maximum atomic E-state index is 13.0. The first-order chi connectivity index (χ1) is 15.4. The number of aryl methyl sites for hydroxylation is 1. The number of benzene rings is 2. The zero-order valence-electron chi connectivity index (χ0n) is 17.4. The van der Waals surface area contributed by atoms with E-state index in [1.165, 1.54) is 11.0 Å². The highest BCUT2D eigenvalue weighted by Crippen LogP contribution is 2.38. The minimum Gasteiger partial charge on any atom is -0.482 e. The maximum Gasteiger partial charge on any atom is 0.265 e. The molecule has 0 saturated heterocycles. The molecule has 1 fully saturated rings. The lowest BCUT2D eigenvalue weighted by Gasteiger charge is -2.29. The second-order valence-electron chi connectivity index (χ2n) is 8.00. The zero-order valence-corrected chi connectivity index (χ0v) is 18.3. The van der Waals surface area contributed by atoms with E-state index in [2.05, 4.69) is 14.9 Å². The summed E-state index contributed by atoms with van der Waals surface area (Å²) in [5, 5.41) is 4.02. The van der Waals surface area contributed by atoms with E-state index in [-0.39, 0.29) is 24.0 Å². The Morgan fingerprint density at radius 2 is 1.97 bits per heavy atom. The van der Waals surface area contributed by atoms with E-state index < -0.39 is 10.0 Å². The van der Waals surface area contributed by atoms with Gasteiger partial charge in [0.1, 0.15) is 5.75 Å². The summed E-state index contributed by atoms with van der Waals surface area (Å²) < 4.78 is 39.4. The van der Waals surface area contributed by atoms with Crippen LogP contribution >= 0.6 is 0 Å². The highest BCUT2D eigenvalue weighted by Gasteiger charge is 2.31. The Labute approximate surface area is 185 Å². The van der Waals surface area contributed by atoms with E-state index >= 15 is 0 Å². The number of nitrogens with zero attached hydrogens (tertiary/aromatic N) is 3. The SMILES string of the molecule is Cc1cc2c(cc1S(=O)(=O)Nc1ccccc1)OCC(=O)N2Cc1noc(C2CCC2)n1. The Morgan fingerprint density at radius 3 is 2.69 bits per heavy atom. The van der Waals surface area contributed by atoms with Gasteiger partial charge in [0.15, 0.2) is 12.4 Å². The third kappa shape index (κ3) is 3.81. The van der Waals surface area contributed by atoms with Crippen molar-refractivity contribution in [3.8, 4) is 5.75 Å². The summed E-state index contributed by atoms with van der Waals surface area (Å²) in [6.45, 7) is 1.61. The van der Waals surface area contributed by atoms with E-state index in [9.17, 15) is 13.2 Å². The Bertz CT molecular complexity index is 1270. The molecule has 9 nitrogen and oxygen atoms in total. The number of rotatable bonds is 6. The fourth-order valence-electron chi connectivity index (χ4n) is 3.81. The predicted octanol–water partition coefficient (Wildman–Crippen LogP) is 3.37. The summed E-state index contributed by atoms with van der Waals surface area (Å²) >= 11 is 0. The molecule has 2 heterocycles. The van der Waals surface area contributed by atoms with Gasteiger partial charge < -0.3 is 9.26 Å². The normalized spacial score (nSPS) is 16.3. The highest BCUT2D eigenvalue weighted by molar-refractivity contribution is 7.92. The fourth-order valence-corrected chi connectivity index (χ4v) is 5.11. The van der Waals surface area contributed by atoms with Crippen LogP contribution in [0.2, 0.25) is 0 Å². The van der Waals surface area contributed by atoms with Gasteiger partial charge in [0.25, 0.3) is 15.9 Å². The number of aromatic nitrogens is 2. The topological polar surface area (TPSA) is 115 Å². The van der Waals surface area contributed by atoms with Gasteiger partial charge in [-0.15, -0.1) is 0 Å². The molecule has 1 N–H and O–H groups in total. The molecular formula is C22H22N4O5S. The molecule has 1 aromatic heterocycles. The molecule has 0 radical (unpaired) electrons. The van der Waals surface area contributed by atoms with Gasteiger partial charge in [0, 0.05) is 17.7 Å². The Balaban J connectivity index is 1.43. The van der Waals surface area contributed by atoms with E-state index in [0.29, 0.717) is 40.3 Å². The number of amides is 1. The van der Waals surface area contributed by atoms with Crippen LogP contribution in [0.5, 0.6) is 5.75 Å². The molecule has 0 bridgehead atoms. The Kier molecular flexibility index (Phi) is 5.09. The van der Waals surface area contributed by atoms with Crippen molar-refractivity contribution in [3.63, 3.8) is 0 Å². The largest absolute Gasteiger partial charge is 0.482 e. The number of nitrogens with one attached hydrogen (secondary N) is 1. The van der Waals surface area contributed by atoms with Crippen LogP contribution in [-0.4, -0.2) is 31.1 Å². The van der Waals surface area contributed by atoms with Gasteiger partial charge in [-0.2, -0.15) is 4.98 Å². The van der Waals surface area contributed by atoms with Crippen LogP contribution in [0.15, 0.2) is 51.9 Å². The molecule has 1 saturated carbocycles. The van der Waals surface area contributed by atoms with Crippen molar-refractivity contribution in [2.75, 3.05) is 16.2 Å². The van der Waals surface area contributed by atoms with Crippen LogP contribution in [0.25, 0.3) is 0 Å². The van der Waals surface area contributed by atoms with Gasteiger partial charge in [-0.3, -0.25) is 14.4 Å². The summed E-state index contributed by atoms with van der Waals surface area (Å²) in [4.78, 5) is 18.6. The van der Waals surface area contributed by atoms with Gasteiger partial charge in [0.05, 0.1) is 17.1 Å². The second-order valence-corrected chi connectivity index (χ2v) is 9.65. The molecule has 2 aromatic carbocycles. The first-order valence-electron chi connectivity index (χ1n) is 10.4. The van der Waals surface area contributed by atoms with Crippen LogP contribution in [0, 0.1) is 6.92 Å². The van der Waals surface area contributed by atoms with Crippen LogP contribution in [0.4, 0.5) is 11.4 Å². The number of hydrogen-bond acceptors (Lipinski definition) is 7. The van der Waals surface area contributed by atoms with Crippen molar-refractivity contribution < 1.29 is 22.5 Å². The molecule has 0 spiro atoms. The Hall–Kier alpha value is -3.40. The number of sulfonamides is 1. The molecule has 1 aliphatic heterocycles. The summed E-state index contributed by atoms with van der Waals surface area (Å²) in [6.07, 6.45) is 3.23. The standard InChI is InChI=1S/C22H22N4O5S/c1-14-10-17-18(11-19(14)32(28,29)25-16-8-3-2-4-9-16)30-13-21(27)26(17)12-20-23-22(31-24-20)15-6-5-7-15/h2-4,8-11,15,25H,5-7,12-13H2,1H3. The first-order valence-corrected chi connectivity index (χ1v) is 11.9. The van der Waals surface area contributed by atoms with Crippen LogP contribution in [-0.2, 0) is 21.4 Å². The van der Waals surface area contributed by atoms with Crippen molar-refractivity contribution in [1.29, 1.82) is 0 Å². The van der Waals surface area contributed by atoms with Crippen molar-refractivity contribution in [2.24, 2.45) is 0 Å². The summed E-state index contributed by atoms with van der Waals surface area (Å²) in [5.74, 6) is 1.37. The molecule has 1 aliphatic carbocycles. The summed E-state index contributed by atoms with van der Waals surface area (Å²) in [5.41, 5.74) is 1.42. The molecule has 32 heavy (non-hydrogen) atoms. The van der Waals surface area contributed by atoms with E-state index in [1.54, 1.807) is 43.3 Å². The van der Waals surface area contributed by atoms with Gasteiger partial charge in [0.2, 0.25) is 5.89 Å². The molecular weight excluding hydrogens is 432 g/mol. The average molecular weight is 455 g/mol. The molecule has 10 heteroatoms. The van der Waals surface area contributed by atoms with E-state index in [1.807, 2.05) is 0 Å².